The molecular formula is C23H21N5O. The van der Waals surface area contributed by atoms with E-state index in [9.17, 15) is 5.11 Å². The number of aromatic nitrogens is 3. The number of hydrogen-bond donors (Lipinski definition) is 1. The second-order valence-corrected chi connectivity index (χ2v) is 7.19. The number of anilines is 3. The molecule has 144 valence electrons. The Bertz CT molecular complexity index is 1200. The molecule has 0 bridgehead atoms. The largest absolute Gasteiger partial charge is 0.506 e. The molecule has 5 rings (SSSR count). The van der Waals surface area contributed by atoms with Gasteiger partial charge in [-0.05, 0) is 43.3 Å². The summed E-state index contributed by atoms with van der Waals surface area (Å²) in [6, 6.07) is 23.8. The van der Waals surface area contributed by atoms with Gasteiger partial charge in [-0.1, -0.05) is 36.4 Å². The first-order valence-electron chi connectivity index (χ1n) is 9.52. The number of nitrogens with zero attached hydrogens (tertiary/aromatic N) is 5. The molecule has 0 saturated heterocycles. The lowest BCUT2D eigenvalue weighted by Crippen LogP contribution is -2.23. The molecule has 0 fully saturated rings. The van der Waals surface area contributed by atoms with Crippen LogP contribution in [0.2, 0.25) is 0 Å². The molecule has 0 saturated carbocycles. The highest BCUT2D eigenvalue weighted by Crippen LogP contribution is 2.40. The van der Waals surface area contributed by atoms with Crippen molar-refractivity contribution in [2.24, 2.45) is 0 Å². The van der Waals surface area contributed by atoms with Crippen LogP contribution in [-0.4, -0.2) is 33.6 Å². The van der Waals surface area contributed by atoms with E-state index in [1.807, 2.05) is 31.2 Å². The Labute approximate surface area is 169 Å². The molecule has 3 aromatic carbocycles. The molecule has 0 unspecified atom stereocenters. The van der Waals surface area contributed by atoms with Crippen molar-refractivity contribution in [3.8, 4) is 22.8 Å². The number of aromatic hydroxyl groups is 1. The average Bonchev–Trinajstić information content (AvgIpc) is 3.29. The van der Waals surface area contributed by atoms with E-state index in [1.165, 1.54) is 11.4 Å². The Balaban J connectivity index is 1.54. The van der Waals surface area contributed by atoms with E-state index in [0.29, 0.717) is 11.5 Å². The molecule has 2 heterocycles. The number of phenolic OH excluding ortho intramolecular Hbond substituents is 1. The standard InChI is InChI=1S/C23H21N5O/c1-16-24-23(25-28(16)21-12-5-6-13-22(21)29)17-8-7-9-18(14-17)27-15-26(2)19-10-3-4-11-20(19)27/h3-14,29H,15H2,1-2H3. The van der Waals surface area contributed by atoms with Crippen LogP contribution in [0.15, 0.2) is 72.8 Å². The maximum Gasteiger partial charge on any atom is 0.181 e. The summed E-state index contributed by atoms with van der Waals surface area (Å²) in [6.45, 7) is 2.68. The zero-order chi connectivity index (χ0) is 20.0. The van der Waals surface area contributed by atoms with Gasteiger partial charge in [0, 0.05) is 18.3 Å². The minimum absolute atomic E-state index is 0.178. The third-order valence-electron chi connectivity index (χ3n) is 5.23. The van der Waals surface area contributed by atoms with Crippen LogP contribution in [0.25, 0.3) is 17.1 Å². The first-order valence-corrected chi connectivity index (χ1v) is 9.52. The van der Waals surface area contributed by atoms with Crippen molar-refractivity contribution in [1.29, 1.82) is 0 Å². The Morgan fingerprint density at radius 3 is 2.38 bits per heavy atom. The molecule has 0 amide bonds. The summed E-state index contributed by atoms with van der Waals surface area (Å²) >= 11 is 0. The normalized spacial score (nSPS) is 13.0. The van der Waals surface area contributed by atoms with Crippen molar-refractivity contribution in [2.45, 2.75) is 6.92 Å². The fourth-order valence-corrected chi connectivity index (χ4v) is 3.80. The van der Waals surface area contributed by atoms with Gasteiger partial charge >= 0.3 is 0 Å². The summed E-state index contributed by atoms with van der Waals surface area (Å²) in [7, 11) is 2.10. The second-order valence-electron chi connectivity index (χ2n) is 7.19. The lowest BCUT2D eigenvalue weighted by molar-refractivity contribution is 0.470. The van der Waals surface area contributed by atoms with Gasteiger partial charge in [0.2, 0.25) is 0 Å². The lowest BCUT2D eigenvalue weighted by Gasteiger charge is -2.20. The smallest absolute Gasteiger partial charge is 0.181 e. The number of aryl methyl sites for hydroxylation is 1. The van der Waals surface area contributed by atoms with Gasteiger partial charge in [0.05, 0.1) is 18.0 Å². The highest BCUT2D eigenvalue weighted by Gasteiger charge is 2.24. The maximum atomic E-state index is 10.2. The van der Waals surface area contributed by atoms with E-state index >= 15 is 0 Å². The number of para-hydroxylation sites is 4. The monoisotopic (exact) mass is 383 g/mol. The molecule has 6 heteroatoms. The molecule has 0 radical (unpaired) electrons. The predicted molar refractivity (Wildman–Crippen MR) is 115 cm³/mol. The molecule has 0 aliphatic carbocycles. The van der Waals surface area contributed by atoms with Crippen LogP contribution in [0.5, 0.6) is 5.75 Å². The molecule has 1 aliphatic rings. The molecule has 1 aromatic heterocycles. The summed E-state index contributed by atoms with van der Waals surface area (Å²) in [5.74, 6) is 1.53. The van der Waals surface area contributed by atoms with Crippen LogP contribution in [0.4, 0.5) is 17.1 Å². The molecule has 29 heavy (non-hydrogen) atoms. The van der Waals surface area contributed by atoms with Gasteiger partial charge in [-0.25, -0.2) is 9.67 Å². The third-order valence-corrected chi connectivity index (χ3v) is 5.23. The number of rotatable bonds is 3. The van der Waals surface area contributed by atoms with Crippen LogP contribution in [0.1, 0.15) is 5.82 Å². The Hall–Kier alpha value is -3.80. The average molecular weight is 383 g/mol. The summed E-state index contributed by atoms with van der Waals surface area (Å²) in [6.07, 6.45) is 0. The second kappa shape index (κ2) is 6.67. The fraction of sp³-hybridized carbons (Fsp3) is 0.130. The highest BCUT2D eigenvalue weighted by molar-refractivity contribution is 5.83. The van der Waals surface area contributed by atoms with Crippen LogP contribution in [0, 0.1) is 6.92 Å². The molecule has 4 aromatic rings. The topological polar surface area (TPSA) is 57.4 Å². The quantitative estimate of drug-likeness (QED) is 0.565. The van der Waals surface area contributed by atoms with Crippen LogP contribution < -0.4 is 9.80 Å². The van der Waals surface area contributed by atoms with Crippen molar-refractivity contribution < 1.29 is 5.11 Å². The van der Waals surface area contributed by atoms with Crippen LogP contribution >= 0.6 is 0 Å². The first-order chi connectivity index (χ1) is 14.1. The van der Waals surface area contributed by atoms with E-state index in [-0.39, 0.29) is 5.75 Å². The Morgan fingerprint density at radius 2 is 1.59 bits per heavy atom. The van der Waals surface area contributed by atoms with Crippen LogP contribution in [-0.2, 0) is 0 Å². The lowest BCUT2D eigenvalue weighted by atomic mass is 10.1. The molecule has 0 spiro atoms. The Morgan fingerprint density at radius 1 is 0.862 bits per heavy atom. The molecule has 1 aliphatic heterocycles. The zero-order valence-corrected chi connectivity index (χ0v) is 16.3. The number of phenols is 1. The van der Waals surface area contributed by atoms with E-state index in [0.717, 1.165) is 23.7 Å². The van der Waals surface area contributed by atoms with Crippen molar-refractivity contribution >= 4 is 17.1 Å². The van der Waals surface area contributed by atoms with Gasteiger partial charge < -0.3 is 14.9 Å². The highest BCUT2D eigenvalue weighted by atomic mass is 16.3. The molecule has 6 nitrogen and oxygen atoms in total. The summed E-state index contributed by atoms with van der Waals surface area (Å²) in [4.78, 5) is 9.15. The minimum Gasteiger partial charge on any atom is -0.506 e. The predicted octanol–water partition coefficient (Wildman–Crippen LogP) is 4.49. The van der Waals surface area contributed by atoms with Gasteiger partial charge in [0.15, 0.2) is 5.82 Å². The van der Waals surface area contributed by atoms with Crippen molar-refractivity contribution in [3.05, 3.63) is 78.6 Å². The van der Waals surface area contributed by atoms with Crippen molar-refractivity contribution in [2.75, 3.05) is 23.5 Å². The van der Waals surface area contributed by atoms with Gasteiger partial charge in [0.25, 0.3) is 0 Å². The van der Waals surface area contributed by atoms with Gasteiger partial charge in [-0.2, -0.15) is 0 Å². The molecule has 0 atom stereocenters. The fourth-order valence-electron chi connectivity index (χ4n) is 3.80. The zero-order valence-electron chi connectivity index (χ0n) is 16.3. The van der Waals surface area contributed by atoms with Gasteiger partial charge in [0.1, 0.15) is 17.3 Å². The molecule has 1 N–H and O–H groups in total. The molecular weight excluding hydrogens is 362 g/mol. The summed E-state index contributed by atoms with van der Waals surface area (Å²) < 4.78 is 1.68. The number of fused-ring (bicyclic) bond motifs is 1. The first kappa shape index (κ1) is 17.3. The van der Waals surface area contributed by atoms with Crippen molar-refractivity contribution in [1.82, 2.24) is 14.8 Å². The van der Waals surface area contributed by atoms with E-state index in [2.05, 4.69) is 63.3 Å². The van der Waals surface area contributed by atoms with Gasteiger partial charge in [-0.3, -0.25) is 0 Å². The van der Waals surface area contributed by atoms with E-state index < -0.39 is 0 Å². The van der Waals surface area contributed by atoms with E-state index in [1.54, 1.807) is 16.8 Å². The van der Waals surface area contributed by atoms with Crippen LogP contribution in [0.3, 0.4) is 0 Å². The SMILES string of the molecule is Cc1nc(-c2cccc(N3CN(C)c4ccccc43)c2)nn1-c1ccccc1O. The minimum atomic E-state index is 0.178. The van der Waals surface area contributed by atoms with Crippen molar-refractivity contribution in [3.63, 3.8) is 0 Å². The summed E-state index contributed by atoms with van der Waals surface area (Å²) in [5, 5.41) is 14.8. The van der Waals surface area contributed by atoms with Gasteiger partial charge in [-0.15, -0.1) is 5.10 Å². The Kier molecular flexibility index (Phi) is 3.98. The number of benzene rings is 3. The maximum absolute atomic E-state index is 10.2. The van der Waals surface area contributed by atoms with E-state index in [4.69, 9.17) is 0 Å². The number of hydrogen-bond acceptors (Lipinski definition) is 5. The third kappa shape index (κ3) is 2.89. The summed E-state index contributed by atoms with van der Waals surface area (Å²) in [5.41, 5.74) is 5.06.